The van der Waals surface area contributed by atoms with Gasteiger partial charge in [-0.25, -0.2) is 14.3 Å². The summed E-state index contributed by atoms with van der Waals surface area (Å²) in [7, 11) is 0. The zero-order valence-electron chi connectivity index (χ0n) is 19.3. The molecule has 0 saturated heterocycles. The molecule has 0 fully saturated rings. The van der Waals surface area contributed by atoms with Crippen molar-refractivity contribution in [1.29, 1.82) is 0 Å². The Morgan fingerprint density at radius 2 is 1.80 bits per heavy atom. The summed E-state index contributed by atoms with van der Waals surface area (Å²) in [6, 6.07) is 17.3. The Balaban J connectivity index is 1.32. The van der Waals surface area contributed by atoms with Gasteiger partial charge in [-0.2, -0.15) is 0 Å². The zero-order chi connectivity index (χ0) is 24.7. The van der Waals surface area contributed by atoms with E-state index in [0.717, 1.165) is 5.56 Å². The summed E-state index contributed by atoms with van der Waals surface area (Å²) in [5.41, 5.74) is 2.67. The summed E-state index contributed by atoms with van der Waals surface area (Å²) >= 11 is 0. The molecule has 35 heavy (non-hydrogen) atoms. The smallest absolute Gasteiger partial charge is 0.371 e. The molecule has 0 aliphatic heterocycles. The Morgan fingerprint density at radius 1 is 1.03 bits per heavy atom. The van der Waals surface area contributed by atoms with Gasteiger partial charge in [0.25, 0.3) is 5.91 Å². The molecule has 0 atom stereocenters. The molecule has 0 aliphatic carbocycles. The number of carboxylic acids is 1. The number of benzene rings is 2. The molecular weight excluding hydrogens is 448 g/mol. The normalized spacial score (nSPS) is 11.6. The highest BCUT2D eigenvalue weighted by Gasteiger charge is 2.16. The van der Waals surface area contributed by atoms with E-state index < -0.39 is 5.97 Å². The van der Waals surface area contributed by atoms with Crippen molar-refractivity contribution in [3.63, 3.8) is 0 Å². The Kier molecular flexibility index (Phi) is 5.24. The largest absolute Gasteiger partial charge is 0.475 e. The Labute approximate surface area is 200 Å². The third-order valence-electron chi connectivity index (χ3n) is 5.47. The number of carbonyl (C=O) groups is 2. The molecule has 176 valence electrons. The van der Waals surface area contributed by atoms with Gasteiger partial charge in [-0.3, -0.25) is 4.79 Å². The van der Waals surface area contributed by atoms with Crippen LogP contribution in [0.25, 0.3) is 16.6 Å². The molecular formula is C26H22N4O5. The minimum absolute atomic E-state index is 0.00768. The van der Waals surface area contributed by atoms with Gasteiger partial charge in [0, 0.05) is 17.0 Å². The van der Waals surface area contributed by atoms with Crippen LogP contribution < -0.4 is 10.1 Å². The summed E-state index contributed by atoms with van der Waals surface area (Å²) in [6.07, 6.45) is 1.60. The molecule has 0 saturated carbocycles. The number of aromatic nitrogens is 3. The quantitative estimate of drug-likeness (QED) is 0.347. The van der Waals surface area contributed by atoms with Gasteiger partial charge in [0.05, 0.1) is 6.20 Å². The Bertz CT molecular complexity index is 1580. The Morgan fingerprint density at radius 3 is 2.51 bits per heavy atom. The molecule has 5 rings (SSSR count). The van der Waals surface area contributed by atoms with Crippen molar-refractivity contribution in [3.8, 4) is 11.6 Å². The molecule has 2 N–H and O–H groups in total. The standard InChI is InChI=1S/C26H22N4O5/c1-26(2,3)17-6-4-15(5-7-17)24(31)28-21-14-30-22(27-21)10-11-23(29-30)34-18-8-9-19-16(12-18)13-20(35-19)25(32)33/h4-14H,1-3H3,(H,28,31)(H,32,33). The number of carboxylic acid groups (broad SMARTS) is 1. The molecule has 2 aromatic carbocycles. The number of amides is 1. The van der Waals surface area contributed by atoms with E-state index in [4.69, 9.17) is 14.3 Å². The maximum absolute atomic E-state index is 12.7. The zero-order valence-corrected chi connectivity index (χ0v) is 19.3. The van der Waals surface area contributed by atoms with Gasteiger partial charge in [0.1, 0.15) is 11.3 Å². The van der Waals surface area contributed by atoms with Crippen LogP contribution >= 0.6 is 0 Å². The number of anilines is 1. The summed E-state index contributed by atoms with van der Waals surface area (Å²) in [4.78, 5) is 28.1. The highest BCUT2D eigenvalue weighted by molar-refractivity contribution is 6.03. The molecule has 0 bridgehead atoms. The minimum atomic E-state index is -1.14. The molecule has 0 aliphatic rings. The van der Waals surface area contributed by atoms with Crippen molar-refractivity contribution in [2.45, 2.75) is 26.2 Å². The van der Waals surface area contributed by atoms with Crippen LogP contribution in [0.1, 0.15) is 47.2 Å². The summed E-state index contributed by atoms with van der Waals surface area (Å²) in [6.45, 7) is 6.36. The third-order valence-corrected chi connectivity index (χ3v) is 5.47. The monoisotopic (exact) mass is 470 g/mol. The fourth-order valence-electron chi connectivity index (χ4n) is 3.60. The molecule has 0 radical (unpaired) electrons. The van der Waals surface area contributed by atoms with Crippen molar-refractivity contribution in [3.05, 3.63) is 83.7 Å². The summed E-state index contributed by atoms with van der Waals surface area (Å²) < 4.78 is 12.6. The molecule has 0 spiro atoms. The SMILES string of the molecule is CC(C)(C)c1ccc(C(=O)Nc2cn3nc(Oc4ccc5oc(C(=O)O)cc5c4)ccc3n2)cc1. The molecule has 9 nitrogen and oxygen atoms in total. The lowest BCUT2D eigenvalue weighted by Gasteiger charge is -2.18. The molecule has 5 aromatic rings. The summed E-state index contributed by atoms with van der Waals surface area (Å²) in [5.74, 6) is -0.420. The van der Waals surface area contributed by atoms with Crippen molar-refractivity contribution in [2.24, 2.45) is 0 Å². The maximum Gasteiger partial charge on any atom is 0.371 e. The number of aromatic carboxylic acids is 1. The lowest BCUT2D eigenvalue weighted by molar-refractivity contribution is 0.0664. The number of rotatable bonds is 5. The predicted octanol–water partition coefficient (Wildman–Crippen LogP) is 5.52. The molecule has 0 unspecified atom stereocenters. The average Bonchev–Trinajstić information content (AvgIpc) is 3.41. The number of hydrogen-bond acceptors (Lipinski definition) is 6. The number of hydrogen-bond donors (Lipinski definition) is 2. The van der Waals surface area contributed by atoms with Crippen LogP contribution in [0.15, 0.2) is 71.3 Å². The molecule has 9 heteroatoms. The van der Waals surface area contributed by atoms with Gasteiger partial charge in [-0.1, -0.05) is 32.9 Å². The highest BCUT2D eigenvalue weighted by atomic mass is 16.5. The van der Waals surface area contributed by atoms with Crippen LogP contribution in [0, 0.1) is 0 Å². The van der Waals surface area contributed by atoms with Crippen LogP contribution in [-0.2, 0) is 5.41 Å². The van der Waals surface area contributed by atoms with Gasteiger partial charge < -0.3 is 19.6 Å². The minimum Gasteiger partial charge on any atom is -0.475 e. The van der Waals surface area contributed by atoms with Crippen molar-refractivity contribution in [2.75, 3.05) is 5.32 Å². The van der Waals surface area contributed by atoms with Crippen molar-refractivity contribution < 1.29 is 23.8 Å². The number of nitrogens with one attached hydrogen (secondary N) is 1. The summed E-state index contributed by atoms with van der Waals surface area (Å²) in [5, 5.41) is 16.9. The lowest BCUT2D eigenvalue weighted by Crippen LogP contribution is -2.14. The first kappa shape index (κ1) is 22.1. The van der Waals surface area contributed by atoms with E-state index in [1.54, 1.807) is 48.7 Å². The van der Waals surface area contributed by atoms with Crippen LogP contribution in [0.5, 0.6) is 11.6 Å². The van der Waals surface area contributed by atoms with Gasteiger partial charge >= 0.3 is 5.97 Å². The molecule has 1 amide bonds. The second-order valence-electron chi connectivity index (χ2n) is 9.10. The van der Waals surface area contributed by atoms with E-state index in [0.29, 0.717) is 39.6 Å². The molecule has 3 heterocycles. The lowest BCUT2D eigenvalue weighted by atomic mass is 9.87. The van der Waals surface area contributed by atoms with Crippen LogP contribution in [0.4, 0.5) is 5.82 Å². The highest BCUT2D eigenvalue weighted by Crippen LogP contribution is 2.27. The molecule has 3 aromatic heterocycles. The number of carbonyl (C=O) groups excluding carboxylic acids is 1. The number of ether oxygens (including phenoxy) is 1. The van der Waals surface area contributed by atoms with Crippen LogP contribution in [0.3, 0.4) is 0 Å². The van der Waals surface area contributed by atoms with E-state index in [2.05, 4.69) is 36.2 Å². The number of furan rings is 1. The topological polar surface area (TPSA) is 119 Å². The van der Waals surface area contributed by atoms with Crippen molar-refractivity contribution in [1.82, 2.24) is 14.6 Å². The van der Waals surface area contributed by atoms with Gasteiger partial charge in [-0.05, 0) is 53.4 Å². The van der Waals surface area contributed by atoms with E-state index in [9.17, 15) is 9.59 Å². The average molecular weight is 470 g/mol. The number of nitrogens with zero attached hydrogens (tertiary/aromatic N) is 3. The fraction of sp³-hybridized carbons (Fsp3) is 0.154. The predicted molar refractivity (Wildman–Crippen MR) is 129 cm³/mol. The van der Waals surface area contributed by atoms with Crippen LogP contribution in [-0.4, -0.2) is 31.6 Å². The van der Waals surface area contributed by atoms with Gasteiger partial charge in [0.15, 0.2) is 11.5 Å². The second kappa shape index (κ2) is 8.28. The van der Waals surface area contributed by atoms with E-state index in [1.807, 2.05) is 12.1 Å². The number of imidazole rings is 1. The van der Waals surface area contributed by atoms with Crippen LogP contribution in [0.2, 0.25) is 0 Å². The maximum atomic E-state index is 12.7. The second-order valence-corrected chi connectivity index (χ2v) is 9.10. The van der Waals surface area contributed by atoms with Gasteiger partial charge in [-0.15, -0.1) is 5.10 Å². The first-order valence-electron chi connectivity index (χ1n) is 10.9. The van der Waals surface area contributed by atoms with E-state index >= 15 is 0 Å². The number of fused-ring (bicyclic) bond motifs is 2. The van der Waals surface area contributed by atoms with Crippen molar-refractivity contribution >= 4 is 34.3 Å². The first-order valence-corrected chi connectivity index (χ1v) is 10.9. The Hall–Kier alpha value is -4.66. The fourth-order valence-corrected chi connectivity index (χ4v) is 3.60. The van der Waals surface area contributed by atoms with E-state index in [-0.39, 0.29) is 17.1 Å². The van der Waals surface area contributed by atoms with Gasteiger partial charge in [0.2, 0.25) is 11.6 Å². The first-order chi connectivity index (χ1) is 16.7. The third kappa shape index (κ3) is 4.56. The van der Waals surface area contributed by atoms with E-state index in [1.165, 1.54) is 10.6 Å².